The summed E-state index contributed by atoms with van der Waals surface area (Å²) >= 11 is 0. The number of nitrogens with zero attached hydrogens (tertiary/aromatic N) is 2. The standard InChI is InChI=1S/C13H22N4O/c1-4-15-12-8-11(6-7-16-12)9-17(5-2)10-13(18)14-3/h6-8H,4-5,9-10H2,1-3H3,(H,14,18)(H,15,16). The van der Waals surface area contributed by atoms with E-state index in [1.54, 1.807) is 13.2 Å². The Morgan fingerprint density at radius 3 is 2.83 bits per heavy atom. The Hall–Kier alpha value is -1.62. The molecule has 5 nitrogen and oxygen atoms in total. The minimum Gasteiger partial charge on any atom is -0.370 e. The van der Waals surface area contributed by atoms with Crippen molar-refractivity contribution in [3.8, 4) is 0 Å². The number of hydrogen-bond donors (Lipinski definition) is 2. The number of pyridine rings is 1. The van der Waals surface area contributed by atoms with Gasteiger partial charge in [-0.05, 0) is 31.2 Å². The summed E-state index contributed by atoms with van der Waals surface area (Å²) in [4.78, 5) is 17.7. The molecule has 18 heavy (non-hydrogen) atoms. The molecule has 0 saturated heterocycles. The molecule has 0 aliphatic carbocycles. The van der Waals surface area contributed by atoms with E-state index in [0.29, 0.717) is 6.54 Å². The van der Waals surface area contributed by atoms with Gasteiger partial charge >= 0.3 is 0 Å². The lowest BCUT2D eigenvalue weighted by Gasteiger charge is -2.19. The molecular weight excluding hydrogens is 228 g/mol. The molecule has 1 amide bonds. The van der Waals surface area contributed by atoms with Crippen LogP contribution in [-0.4, -0.2) is 42.5 Å². The fraction of sp³-hybridized carbons (Fsp3) is 0.538. The topological polar surface area (TPSA) is 57.3 Å². The van der Waals surface area contributed by atoms with Gasteiger partial charge in [0.25, 0.3) is 0 Å². The molecule has 0 aliphatic heterocycles. The number of hydrogen-bond acceptors (Lipinski definition) is 4. The molecule has 100 valence electrons. The molecule has 1 heterocycles. The van der Waals surface area contributed by atoms with Crippen LogP contribution in [-0.2, 0) is 11.3 Å². The van der Waals surface area contributed by atoms with Crippen molar-refractivity contribution < 1.29 is 4.79 Å². The van der Waals surface area contributed by atoms with Gasteiger partial charge in [-0.25, -0.2) is 4.98 Å². The summed E-state index contributed by atoms with van der Waals surface area (Å²) in [6.45, 7) is 6.96. The zero-order valence-corrected chi connectivity index (χ0v) is 11.4. The second-order valence-electron chi connectivity index (χ2n) is 4.06. The average Bonchev–Trinajstić information content (AvgIpc) is 2.38. The Balaban J connectivity index is 2.63. The van der Waals surface area contributed by atoms with Crippen LogP contribution < -0.4 is 10.6 Å². The molecule has 0 aliphatic rings. The van der Waals surface area contributed by atoms with Crippen LogP contribution >= 0.6 is 0 Å². The molecule has 0 atom stereocenters. The van der Waals surface area contributed by atoms with Gasteiger partial charge in [-0.2, -0.15) is 0 Å². The van der Waals surface area contributed by atoms with Crippen LogP contribution in [0, 0.1) is 0 Å². The van der Waals surface area contributed by atoms with Gasteiger partial charge in [0, 0.05) is 26.3 Å². The minimum atomic E-state index is 0.0396. The first-order valence-corrected chi connectivity index (χ1v) is 6.31. The molecule has 2 N–H and O–H groups in total. The van der Waals surface area contributed by atoms with Gasteiger partial charge in [-0.1, -0.05) is 6.92 Å². The summed E-state index contributed by atoms with van der Waals surface area (Å²) in [7, 11) is 1.66. The highest BCUT2D eigenvalue weighted by Crippen LogP contribution is 2.09. The number of carbonyl (C=O) groups is 1. The predicted octanol–water partition coefficient (Wildman–Crippen LogP) is 1.08. The maximum Gasteiger partial charge on any atom is 0.233 e. The van der Waals surface area contributed by atoms with Gasteiger partial charge in [0.2, 0.25) is 5.91 Å². The van der Waals surface area contributed by atoms with Gasteiger partial charge < -0.3 is 10.6 Å². The lowest BCUT2D eigenvalue weighted by atomic mass is 10.2. The molecule has 0 bridgehead atoms. The summed E-state index contributed by atoms with van der Waals surface area (Å²) in [6.07, 6.45) is 1.79. The number of likely N-dealkylation sites (N-methyl/N-ethyl adjacent to an activating group) is 2. The highest BCUT2D eigenvalue weighted by atomic mass is 16.1. The highest BCUT2D eigenvalue weighted by Gasteiger charge is 2.08. The van der Waals surface area contributed by atoms with E-state index in [1.807, 2.05) is 19.1 Å². The van der Waals surface area contributed by atoms with Gasteiger partial charge in [0.05, 0.1) is 6.54 Å². The summed E-state index contributed by atoms with van der Waals surface area (Å²) in [5.41, 5.74) is 1.16. The molecule has 0 radical (unpaired) electrons. The van der Waals surface area contributed by atoms with Crippen LogP contribution in [0.5, 0.6) is 0 Å². The summed E-state index contributed by atoms with van der Waals surface area (Å²) in [5.74, 6) is 0.920. The minimum absolute atomic E-state index is 0.0396. The van der Waals surface area contributed by atoms with Crippen LogP contribution in [0.25, 0.3) is 0 Å². The normalized spacial score (nSPS) is 10.4. The number of amides is 1. The van der Waals surface area contributed by atoms with Gasteiger partial charge in [0.1, 0.15) is 5.82 Å². The third-order valence-electron chi connectivity index (χ3n) is 2.68. The van der Waals surface area contributed by atoms with Crippen molar-refractivity contribution in [2.45, 2.75) is 20.4 Å². The first-order chi connectivity index (χ1) is 8.69. The van der Waals surface area contributed by atoms with E-state index < -0.39 is 0 Å². The number of rotatable bonds is 7. The third kappa shape index (κ3) is 4.71. The molecule has 0 unspecified atom stereocenters. The average molecular weight is 250 g/mol. The number of nitrogens with one attached hydrogen (secondary N) is 2. The van der Waals surface area contributed by atoms with Gasteiger partial charge in [-0.3, -0.25) is 9.69 Å². The van der Waals surface area contributed by atoms with Crippen molar-refractivity contribution >= 4 is 11.7 Å². The Morgan fingerprint density at radius 1 is 1.44 bits per heavy atom. The number of anilines is 1. The lowest BCUT2D eigenvalue weighted by Crippen LogP contribution is -2.35. The van der Waals surface area contributed by atoms with E-state index in [4.69, 9.17) is 0 Å². The number of aromatic nitrogens is 1. The predicted molar refractivity (Wildman–Crippen MR) is 73.4 cm³/mol. The quantitative estimate of drug-likeness (QED) is 0.760. The molecule has 1 aromatic heterocycles. The second-order valence-corrected chi connectivity index (χ2v) is 4.06. The SMILES string of the molecule is CCNc1cc(CN(CC)CC(=O)NC)ccn1. The summed E-state index contributed by atoms with van der Waals surface area (Å²) in [6, 6.07) is 4.00. The van der Waals surface area contributed by atoms with E-state index in [-0.39, 0.29) is 5.91 Å². The van der Waals surface area contributed by atoms with Gasteiger partial charge in [0.15, 0.2) is 0 Å². The van der Waals surface area contributed by atoms with Crippen molar-refractivity contribution in [3.63, 3.8) is 0 Å². The van der Waals surface area contributed by atoms with Crippen LogP contribution in [0.4, 0.5) is 5.82 Å². The summed E-state index contributed by atoms with van der Waals surface area (Å²) in [5, 5.41) is 5.82. The molecule has 5 heteroatoms. The number of carbonyl (C=O) groups excluding carboxylic acids is 1. The zero-order valence-electron chi connectivity index (χ0n) is 11.4. The van der Waals surface area contributed by atoms with Crippen molar-refractivity contribution in [1.29, 1.82) is 0 Å². The Bertz CT molecular complexity index is 381. The largest absolute Gasteiger partial charge is 0.370 e. The van der Waals surface area contributed by atoms with E-state index in [9.17, 15) is 4.79 Å². The highest BCUT2D eigenvalue weighted by molar-refractivity contribution is 5.77. The van der Waals surface area contributed by atoms with E-state index in [1.165, 1.54) is 0 Å². The smallest absolute Gasteiger partial charge is 0.233 e. The lowest BCUT2D eigenvalue weighted by molar-refractivity contribution is -0.121. The molecule has 0 aromatic carbocycles. The molecule has 0 fully saturated rings. The Labute approximate surface area is 109 Å². The van der Waals surface area contributed by atoms with Crippen LogP contribution in [0.2, 0.25) is 0 Å². The van der Waals surface area contributed by atoms with Crippen LogP contribution in [0.3, 0.4) is 0 Å². The van der Waals surface area contributed by atoms with Crippen molar-refractivity contribution in [1.82, 2.24) is 15.2 Å². The Kier molecular flexibility index (Phi) is 6.14. The van der Waals surface area contributed by atoms with Crippen LogP contribution in [0.15, 0.2) is 18.3 Å². The first-order valence-electron chi connectivity index (χ1n) is 6.31. The first kappa shape index (κ1) is 14.4. The third-order valence-corrected chi connectivity index (χ3v) is 2.68. The fourth-order valence-electron chi connectivity index (χ4n) is 1.67. The van der Waals surface area contributed by atoms with Crippen molar-refractivity contribution in [2.24, 2.45) is 0 Å². The maximum atomic E-state index is 11.4. The van der Waals surface area contributed by atoms with Gasteiger partial charge in [-0.15, -0.1) is 0 Å². The zero-order chi connectivity index (χ0) is 13.4. The maximum absolute atomic E-state index is 11.4. The van der Waals surface area contributed by atoms with Crippen molar-refractivity contribution in [3.05, 3.63) is 23.9 Å². The summed E-state index contributed by atoms with van der Waals surface area (Å²) < 4.78 is 0. The molecule has 1 rings (SSSR count). The van der Waals surface area contributed by atoms with E-state index in [0.717, 1.165) is 31.0 Å². The molecule has 1 aromatic rings. The van der Waals surface area contributed by atoms with Crippen molar-refractivity contribution in [2.75, 3.05) is 32.0 Å². The molecule has 0 spiro atoms. The molecule has 0 saturated carbocycles. The van der Waals surface area contributed by atoms with Crippen LogP contribution in [0.1, 0.15) is 19.4 Å². The van der Waals surface area contributed by atoms with E-state index >= 15 is 0 Å². The second kappa shape index (κ2) is 7.66. The molecular formula is C13H22N4O. The van der Waals surface area contributed by atoms with E-state index in [2.05, 4.69) is 27.4 Å². The monoisotopic (exact) mass is 250 g/mol. The Morgan fingerprint density at radius 2 is 2.22 bits per heavy atom. The fourth-order valence-corrected chi connectivity index (χ4v) is 1.67.